The first-order valence-electron chi connectivity index (χ1n) is 8.87. The van der Waals surface area contributed by atoms with Crippen molar-refractivity contribution in [2.24, 2.45) is 5.73 Å². The average Bonchev–Trinajstić information content (AvgIpc) is 3.28. The molecule has 4 heterocycles. The number of methoxy groups -OCH3 is 1. The Bertz CT molecular complexity index is 1210. The van der Waals surface area contributed by atoms with Crippen molar-refractivity contribution in [1.82, 2.24) is 24.1 Å². The van der Waals surface area contributed by atoms with E-state index < -0.39 is 5.91 Å². The fourth-order valence-corrected chi connectivity index (χ4v) is 3.27. The Morgan fingerprint density at radius 1 is 1.25 bits per heavy atom. The Hall–Kier alpha value is -3.62. The van der Waals surface area contributed by atoms with Crippen LogP contribution in [0.3, 0.4) is 0 Å². The number of primary amides is 1. The fourth-order valence-electron chi connectivity index (χ4n) is 3.27. The number of ether oxygens (including phenoxy) is 1. The molecule has 4 aromatic rings. The average molecular weight is 379 g/mol. The van der Waals surface area contributed by atoms with E-state index in [4.69, 9.17) is 10.5 Å². The lowest BCUT2D eigenvalue weighted by atomic mass is 10.1. The predicted molar refractivity (Wildman–Crippen MR) is 107 cm³/mol. The van der Waals surface area contributed by atoms with Gasteiger partial charge in [-0.05, 0) is 19.9 Å². The van der Waals surface area contributed by atoms with Crippen molar-refractivity contribution < 1.29 is 9.53 Å². The number of rotatable bonds is 5. The van der Waals surface area contributed by atoms with Gasteiger partial charge in [-0.15, -0.1) is 0 Å². The van der Waals surface area contributed by atoms with E-state index in [-0.39, 0.29) is 11.6 Å². The van der Waals surface area contributed by atoms with Gasteiger partial charge in [-0.2, -0.15) is 14.6 Å². The molecule has 0 fully saturated rings. The van der Waals surface area contributed by atoms with Crippen LogP contribution in [0.2, 0.25) is 0 Å². The van der Waals surface area contributed by atoms with Gasteiger partial charge in [0.05, 0.1) is 19.0 Å². The summed E-state index contributed by atoms with van der Waals surface area (Å²) in [5.74, 6) is 0.669. The molecule has 9 nitrogen and oxygen atoms in total. The molecule has 1 amide bonds. The number of pyridine rings is 1. The minimum absolute atomic E-state index is 0.194. The van der Waals surface area contributed by atoms with E-state index in [1.54, 1.807) is 18.7 Å². The van der Waals surface area contributed by atoms with E-state index in [1.165, 1.54) is 6.20 Å². The van der Waals surface area contributed by atoms with Crippen molar-refractivity contribution in [2.75, 3.05) is 19.5 Å². The second kappa shape index (κ2) is 6.52. The first-order valence-corrected chi connectivity index (χ1v) is 8.87. The Balaban J connectivity index is 2.03. The number of nitrogens with two attached hydrogens (primary N) is 1. The molecule has 0 aliphatic rings. The number of fused-ring (bicyclic) bond motifs is 2. The molecule has 0 aliphatic carbocycles. The summed E-state index contributed by atoms with van der Waals surface area (Å²) in [4.78, 5) is 21.1. The van der Waals surface area contributed by atoms with Crippen molar-refractivity contribution in [3.63, 3.8) is 0 Å². The molecule has 0 aliphatic heterocycles. The molecule has 0 saturated heterocycles. The highest BCUT2D eigenvalue weighted by Gasteiger charge is 2.19. The molecule has 0 unspecified atom stereocenters. The van der Waals surface area contributed by atoms with Crippen LogP contribution in [0.1, 0.15) is 30.2 Å². The predicted octanol–water partition coefficient (Wildman–Crippen LogP) is 2.48. The molecule has 0 spiro atoms. The van der Waals surface area contributed by atoms with Crippen molar-refractivity contribution in [2.45, 2.75) is 19.9 Å². The highest BCUT2D eigenvalue weighted by molar-refractivity contribution is 6.00. The summed E-state index contributed by atoms with van der Waals surface area (Å²) in [5, 5.41) is 8.25. The van der Waals surface area contributed by atoms with Gasteiger partial charge in [0, 0.05) is 42.4 Å². The van der Waals surface area contributed by atoms with Gasteiger partial charge in [-0.3, -0.25) is 4.79 Å². The Labute approximate surface area is 161 Å². The number of hydrogen-bond acceptors (Lipinski definition) is 6. The van der Waals surface area contributed by atoms with E-state index in [2.05, 4.69) is 38.8 Å². The van der Waals surface area contributed by atoms with Crippen LogP contribution in [0.15, 0.2) is 30.6 Å². The molecule has 4 aromatic heterocycles. The first-order chi connectivity index (χ1) is 13.4. The largest absolute Gasteiger partial charge is 0.481 e. The molecular weight excluding hydrogens is 358 g/mol. The van der Waals surface area contributed by atoms with Crippen molar-refractivity contribution in [3.8, 4) is 17.1 Å². The quantitative estimate of drug-likeness (QED) is 0.551. The number of hydrogen-bond donors (Lipinski definition) is 2. The standard InChI is InChI=1S/C19H21N7O2/c1-10(2)25-9-13(11-5-6-16(28-4)24-18(11)25)14-7-15(21-3)26-19(23-14)12(8-22-26)17(20)27/h5-10,21H,1-4H3,(H2,20,27). The van der Waals surface area contributed by atoms with E-state index in [1.807, 2.05) is 24.4 Å². The zero-order valence-corrected chi connectivity index (χ0v) is 16.1. The Morgan fingerprint density at radius 2 is 2.04 bits per heavy atom. The second-order valence-corrected chi connectivity index (χ2v) is 6.70. The number of carbonyl (C=O) groups excluding carboxylic acids is 1. The third kappa shape index (κ3) is 2.63. The maximum Gasteiger partial charge on any atom is 0.254 e. The maximum absolute atomic E-state index is 11.8. The molecule has 4 rings (SSSR count). The molecule has 9 heteroatoms. The maximum atomic E-state index is 11.8. The molecule has 0 radical (unpaired) electrons. The van der Waals surface area contributed by atoms with Crippen LogP contribution in [-0.2, 0) is 0 Å². The molecule has 3 N–H and O–H groups in total. The van der Waals surface area contributed by atoms with Gasteiger partial charge in [-0.25, -0.2) is 4.98 Å². The molecule has 0 saturated carbocycles. The zero-order valence-electron chi connectivity index (χ0n) is 16.1. The molecule has 0 aromatic carbocycles. The number of carbonyl (C=O) groups is 1. The van der Waals surface area contributed by atoms with Gasteiger partial charge in [0.25, 0.3) is 5.91 Å². The van der Waals surface area contributed by atoms with Crippen molar-refractivity contribution in [1.29, 1.82) is 0 Å². The summed E-state index contributed by atoms with van der Waals surface area (Å²) < 4.78 is 8.92. The highest BCUT2D eigenvalue weighted by atomic mass is 16.5. The normalized spacial score (nSPS) is 11.5. The number of nitrogens with zero attached hydrogens (tertiary/aromatic N) is 5. The third-order valence-corrected chi connectivity index (χ3v) is 4.69. The van der Waals surface area contributed by atoms with Crippen LogP contribution in [0.4, 0.5) is 5.82 Å². The first kappa shape index (κ1) is 17.8. The summed E-state index contributed by atoms with van der Waals surface area (Å²) in [6, 6.07) is 5.86. The van der Waals surface area contributed by atoms with Crippen LogP contribution in [0, 0.1) is 0 Å². The number of anilines is 1. The molecule has 0 atom stereocenters. The van der Waals surface area contributed by atoms with Gasteiger partial charge >= 0.3 is 0 Å². The lowest BCUT2D eigenvalue weighted by Gasteiger charge is -2.08. The van der Waals surface area contributed by atoms with Gasteiger partial charge in [0.2, 0.25) is 5.88 Å². The minimum Gasteiger partial charge on any atom is -0.481 e. The SMILES string of the molecule is CNc1cc(-c2cn(C(C)C)c3nc(OC)ccc23)nc2c(C(N)=O)cnn12. The minimum atomic E-state index is -0.572. The lowest BCUT2D eigenvalue weighted by Crippen LogP contribution is -2.11. The molecule has 0 bridgehead atoms. The van der Waals surface area contributed by atoms with E-state index in [0.717, 1.165) is 16.6 Å². The molecular formula is C19H21N7O2. The summed E-state index contributed by atoms with van der Waals surface area (Å²) in [5.41, 5.74) is 8.56. The van der Waals surface area contributed by atoms with Gasteiger partial charge in [0.1, 0.15) is 17.0 Å². The lowest BCUT2D eigenvalue weighted by molar-refractivity contribution is 0.100. The van der Waals surface area contributed by atoms with Gasteiger partial charge < -0.3 is 20.4 Å². The van der Waals surface area contributed by atoms with E-state index in [0.29, 0.717) is 23.0 Å². The van der Waals surface area contributed by atoms with E-state index in [9.17, 15) is 4.79 Å². The van der Waals surface area contributed by atoms with E-state index >= 15 is 0 Å². The second-order valence-electron chi connectivity index (χ2n) is 6.70. The van der Waals surface area contributed by atoms with Crippen LogP contribution < -0.4 is 15.8 Å². The molecule has 144 valence electrons. The van der Waals surface area contributed by atoms with Gasteiger partial charge in [0.15, 0.2) is 5.65 Å². The van der Waals surface area contributed by atoms with Gasteiger partial charge in [-0.1, -0.05) is 0 Å². The summed E-state index contributed by atoms with van der Waals surface area (Å²) in [6.45, 7) is 4.17. The number of nitrogens with one attached hydrogen (secondary N) is 1. The van der Waals surface area contributed by atoms with Crippen LogP contribution >= 0.6 is 0 Å². The smallest absolute Gasteiger partial charge is 0.254 e. The summed E-state index contributed by atoms with van der Waals surface area (Å²) >= 11 is 0. The topological polar surface area (TPSA) is 112 Å². The third-order valence-electron chi connectivity index (χ3n) is 4.69. The summed E-state index contributed by atoms with van der Waals surface area (Å²) in [6.07, 6.45) is 3.44. The van der Waals surface area contributed by atoms with Crippen LogP contribution in [0.5, 0.6) is 5.88 Å². The highest BCUT2D eigenvalue weighted by Crippen LogP contribution is 2.33. The number of aromatic nitrogens is 5. The summed E-state index contributed by atoms with van der Waals surface area (Å²) in [7, 11) is 3.38. The van der Waals surface area contributed by atoms with Crippen LogP contribution in [0.25, 0.3) is 27.9 Å². The fraction of sp³-hybridized carbons (Fsp3) is 0.263. The Kier molecular flexibility index (Phi) is 4.14. The monoisotopic (exact) mass is 379 g/mol. The number of amides is 1. The van der Waals surface area contributed by atoms with Crippen molar-refractivity contribution in [3.05, 3.63) is 36.2 Å². The van der Waals surface area contributed by atoms with Crippen molar-refractivity contribution >= 4 is 28.4 Å². The van der Waals surface area contributed by atoms with Crippen LogP contribution in [-0.4, -0.2) is 44.2 Å². The Morgan fingerprint density at radius 3 is 2.68 bits per heavy atom. The molecule has 28 heavy (non-hydrogen) atoms. The zero-order chi connectivity index (χ0) is 20.0.